The van der Waals surface area contributed by atoms with Crippen LogP contribution < -0.4 is 14.4 Å². The lowest BCUT2D eigenvalue weighted by atomic mass is 10.1. The van der Waals surface area contributed by atoms with Crippen molar-refractivity contribution in [3.8, 4) is 11.5 Å². The third-order valence-corrected chi connectivity index (χ3v) is 5.94. The Morgan fingerprint density at radius 2 is 2.32 bits per heavy atom. The fourth-order valence-electron chi connectivity index (χ4n) is 3.46. The van der Waals surface area contributed by atoms with Gasteiger partial charge in [-0.2, -0.15) is 0 Å². The molecule has 1 aromatic carbocycles. The summed E-state index contributed by atoms with van der Waals surface area (Å²) in [6.45, 7) is 1.85. The van der Waals surface area contributed by atoms with Gasteiger partial charge in [0.05, 0.1) is 34.5 Å². The Hall–Kier alpha value is -1.93. The highest BCUT2D eigenvalue weighted by molar-refractivity contribution is 9.10. The monoisotopic (exact) mass is 427 g/mol. The molecule has 9 heteroatoms. The van der Waals surface area contributed by atoms with Crippen molar-refractivity contribution in [2.75, 3.05) is 38.3 Å². The van der Waals surface area contributed by atoms with Gasteiger partial charge in [0.2, 0.25) is 0 Å². The molecule has 0 saturated carbocycles. The highest BCUT2D eigenvalue weighted by atomic mass is 79.9. The van der Waals surface area contributed by atoms with Gasteiger partial charge in [0, 0.05) is 25.0 Å². The molecule has 1 atom stereocenters. The van der Waals surface area contributed by atoms with Crippen LogP contribution in [0.3, 0.4) is 0 Å². The molecule has 132 valence electrons. The molecule has 2 aliphatic heterocycles. The normalized spacial score (nSPS) is 19.2. The lowest BCUT2D eigenvalue weighted by Crippen LogP contribution is -2.58. The number of amides is 1. The van der Waals surface area contributed by atoms with E-state index in [-0.39, 0.29) is 6.04 Å². The van der Waals surface area contributed by atoms with Gasteiger partial charge in [0.15, 0.2) is 11.5 Å². The van der Waals surface area contributed by atoms with E-state index >= 15 is 0 Å². The first-order valence-electron chi connectivity index (χ1n) is 7.73. The van der Waals surface area contributed by atoms with Crippen LogP contribution in [-0.2, 0) is 0 Å². The number of carboxylic acid groups (broad SMARTS) is 1. The van der Waals surface area contributed by atoms with Crippen LogP contribution in [0.5, 0.6) is 11.5 Å². The Kier molecular flexibility index (Phi) is 4.04. The average molecular weight is 429 g/mol. The van der Waals surface area contributed by atoms with Gasteiger partial charge in [-0.05, 0) is 22.0 Å². The maximum absolute atomic E-state index is 11.3. The number of hydrogen-bond donors (Lipinski definition) is 1. The molecule has 4 rings (SSSR count). The quantitative estimate of drug-likeness (QED) is 0.752. The van der Waals surface area contributed by atoms with Crippen LogP contribution in [0.25, 0.3) is 10.9 Å². The standard InChI is InChI=1S/C16H15BrClN3O4/c1-24-15-12(17)10(18)4-9-13(15)19-5-11-14(9)21-3-2-20(16(22)23)6-8(21)7-25-11/h4-5,8H,2-3,6-7H2,1H3,(H,22,23)/t8-/m1/s1. The molecule has 3 heterocycles. The number of carbonyl (C=O) groups is 1. The lowest BCUT2D eigenvalue weighted by Gasteiger charge is -2.45. The zero-order valence-corrected chi connectivity index (χ0v) is 15.7. The van der Waals surface area contributed by atoms with Crippen LogP contribution in [0.4, 0.5) is 10.5 Å². The van der Waals surface area contributed by atoms with Crippen molar-refractivity contribution in [2.24, 2.45) is 0 Å². The molecule has 1 N–H and O–H groups in total. The minimum Gasteiger partial charge on any atom is -0.493 e. The fraction of sp³-hybridized carbons (Fsp3) is 0.375. The number of aromatic nitrogens is 1. The van der Waals surface area contributed by atoms with E-state index < -0.39 is 6.09 Å². The minimum absolute atomic E-state index is 0.0450. The van der Waals surface area contributed by atoms with E-state index in [1.165, 1.54) is 4.90 Å². The molecule has 1 saturated heterocycles. The Morgan fingerprint density at radius 3 is 3.04 bits per heavy atom. The number of nitrogens with zero attached hydrogens (tertiary/aromatic N) is 3. The Bertz CT molecular complexity index is 878. The van der Waals surface area contributed by atoms with Gasteiger partial charge >= 0.3 is 6.09 Å². The summed E-state index contributed by atoms with van der Waals surface area (Å²) in [5.74, 6) is 1.24. The van der Waals surface area contributed by atoms with E-state index in [1.54, 1.807) is 13.3 Å². The lowest BCUT2D eigenvalue weighted by molar-refractivity contribution is 0.123. The summed E-state index contributed by atoms with van der Waals surface area (Å²) in [5.41, 5.74) is 1.57. The molecule has 7 nitrogen and oxygen atoms in total. The number of hydrogen-bond acceptors (Lipinski definition) is 5. The first-order chi connectivity index (χ1) is 12.0. The van der Waals surface area contributed by atoms with Crippen LogP contribution in [-0.4, -0.2) is 60.5 Å². The number of rotatable bonds is 1. The maximum Gasteiger partial charge on any atom is 0.407 e. The van der Waals surface area contributed by atoms with Crippen LogP contribution in [0.2, 0.25) is 5.02 Å². The van der Waals surface area contributed by atoms with Gasteiger partial charge < -0.3 is 24.4 Å². The van der Waals surface area contributed by atoms with Gasteiger partial charge in [-0.1, -0.05) is 11.6 Å². The second kappa shape index (κ2) is 6.10. The van der Waals surface area contributed by atoms with Crippen molar-refractivity contribution in [2.45, 2.75) is 6.04 Å². The van der Waals surface area contributed by atoms with E-state index in [9.17, 15) is 9.90 Å². The van der Waals surface area contributed by atoms with Gasteiger partial charge in [0.25, 0.3) is 0 Å². The van der Waals surface area contributed by atoms with Gasteiger partial charge in [-0.15, -0.1) is 0 Å². The van der Waals surface area contributed by atoms with Crippen LogP contribution in [0.1, 0.15) is 0 Å². The van der Waals surface area contributed by atoms with Crippen LogP contribution >= 0.6 is 27.5 Å². The van der Waals surface area contributed by atoms with Crippen molar-refractivity contribution in [1.29, 1.82) is 0 Å². The van der Waals surface area contributed by atoms with E-state index in [0.717, 1.165) is 11.1 Å². The number of methoxy groups -OCH3 is 1. The zero-order valence-electron chi connectivity index (χ0n) is 13.3. The van der Waals surface area contributed by atoms with Gasteiger partial charge in [-0.25, -0.2) is 9.78 Å². The Labute approximate surface area is 157 Å². The second-order valence-corrected chi connectivity index (χ2v) is 7.16. The smallest absolute Gasteiger partial charge is 0.407 e. The minimum atomic E-state index is -0.904. The van der Waals surface area contributed by atoms with E-state index in [4.69, 9.17) is 21.1 Å². The van der Waals surface area contributed by atoms with Crippen molar-refractivity contribution in [1.82, 2.24) is 9.88 Å². The van der Waals surface area contributed by atoms with Crippen molar-refractivity contribution in [3.63, 3.8) is 0 Å². The largest absolute Gasteiger partial charge is 0.493 e. The molecule has 2 aliphatic rings. The van der Waals surface area contributed by atoms with Crippen LogP contribution in [0.15, 0.2) is 16.7 Å². The van der Waals surface area contributed by atoms with Crippen LogP contribution in [0, 0.1) is 0 Å². The topological polar surface area (TPSA) is 75.1 Å². The van der Waals surface area contributed by atoms with Crippen molar-refractivity contribution < 1.29 is 19.4 Å². The highest BCUT2D eigenvalue weighted by Crippen LogP contribution is 2.46. The summed E-state index contributed by atoms with van der Waals surface area (Å²) >= 11 is 9.79. The number of ether oxygens (including phenoxy) is 2. The number of pyridine rings is 1. The molecule has 0 aliphatic carbocycles. The van der Waals surface area contributed by atoms with Gasteiger partial charge in [0.1, 0.15) is 12.1 Å². The van der Waals surface area contributed by atoms with E-state index in [0.29, 0.717) is 52.8 Å². The summed E-state index contributed by atoms with van der Waals surface area (Å²) in [6.07, 6.45) is 0.777. The predicted molar refractivity (Wildman–Crippen MR) is 97.2 cm³/mol. The van der Waals surface area contributed by atoms with Crippen molar-refractivity contribution >= 4 is 50.2 Å². The SMILES string of the molecule is COc1c(Br)c(Cl)cc2c3c(cnc12)OC[C@H]1CN(C(=O)O)CCN31. The number of anilines is 1. The average Bonchev–Trinajstić information content (AvgIpc) is 2.61. The maximum atomic E-state index is 11.3. The molecular formula is C16H15BrClN3O4. The van der Waals surface area contributed by atoms with Gasteiger partial charge in [-0.3, -0.25) is 0 Å². The first-order valence-corrected chi connectivity index (χ1v) is 8.90. The van der Waals surface area contributed by atoms with E-state index in [1.807, 2.05) is 6.07 Å². The van der Waals surface area contributed by atoms with Crippen molar-refractivity contribution in [3.05, 3.63) is 21.8 Å². The number of benzene rings is 1. The molecule has 0 radical (unpaired) electrons. The molecule has 25 heavy (non-hydrogen) atoms. The first kappa shape index (κ1) is 16.5. The summed E-state index contributed by atoms with van der Waals surface area (Å²) < 4.78 is 12.0. The molecule has 1 aromatic heterocycles. The summed E-state index contributed by atoms with van der Waals surface area (Å²) in [5, 5.41) is 10.6. The molecule has 0 bridgehead atoms. The number of fused-ring (bicyclic) bond motifs is 5. The zero-order chi connectivity index (χ0) is 17.7. The summed E-state index contributed by atoms with van der Waals surface area (Å²) in [7, 11) is 1.57. The molecule has 0 unspecified atom stereocenters. The Morgan fingerprint density at radius 1 is 1.52 bits per heavy atom. The molecule has 1 amide bonds. The number of halogens is 2. The fourth-order valence-corrected chi connectivity index (χ4v) is 4.12. The molecular weight excluding hydrogens is 414 g/mol. The molecule has 1 fully saturated rings. The highest BCUT2D eigenvalue weighted by Gasteiger charge is 2.36. The number of piperazine rings is 1. The summed E-state index contributed by atoms with van der Waals surface area (Å²) in [4.78, 5) is 19.4. The third-order valence-electron chi connectivity index (χ3n) is 4.63. The third kappa shape index (κ3) is 2.55. The van der Waals surface area contributed by atoms with E-state index in [2.05, 4.69) is 25.8 Å². The molecule has 2 aromatic rings. The predicted octanol–water partition coefficient (Wildman–Crippen LogP) is 3.22. The second-order valence-electron chi connectivity index (χ2n) is 5.96. The summed E-state index contributed by atoms with van der Waals surface area (Å²) in [6, 6.07) is 1.79. The molecule has 0 spiro atoms. The Balaban J connectivity index is 1.87.